The zero-order valence-corrected chi connectivity index (χ0v) is 15.7. The number of aryl methyl sites for hydroxylation is 2. The standard InChI is InChI=1S/C20H25N3OS/c1-13-19(25-14(2)22-13)12-21-20(24)16-11-18(15-7-4-3-5-8-15)23-10-6-9-17(16)23/h3-5,7-8,16-18H,6,9-12H2,1-2H3,(H,21,24)/t16-,17+,18-/m0/s1. The van der Waals surface area contributed by atoms with Gasteiger partial charge in [-0.1, -0.05) is 30.3 Å². The van der Waals surface area contributed by atoms with Crippen molar-refractivity contribution in [2.75, 3.05) is 6.54 Å². The number of hydrogen-bond donors (Lipinski definition) is 1. The van der Waals surface area contributed by atoms with Gasteiger partial charge in [-0.3, -0.25) is 9.69 Å². The van der Waals surface area contributed by atoms with Crippen molar-refractivity contribution in [3.05, 3.63) is 51.5 Å². The highest BCUT2D eigenvalue weighted by molar-refractivity contribution is 7.11. The Morgan fingerprint density at radius 3 is 2.84 bits per heavy atom. The lowest BCUT2D eigenvalue weighted by Gasteiger charge is -2.24. The van der Waals surface area contributed by atoms with E-state index in [1.165, 1.54) is 16.9 Å². The molecule has 2 aromatic rings. The Morgan fingerprint density at radius 2 is 2.12 bits per heavy atom. The van der Waals surface area contributed by atoms with Gasteiger partial charge < -0.3 is 5.32 Å². The molecule has 25 heavy (non-hydrogen) atoms. The van der Waals surface area contributed by atoms with E-state index in [9.17, 15) is 4.79 Å². The predicted molar refractivity (Wildman–Crippen MR) is 100 cm³/mol. The van der Waals surface area contributed by atoms with Gasteiger partial charge in [-0.2, -0.15) is 0 Å². The van der Waals surface area contributed by atoms with E-state index in [0.717, 1.165) is 30.1 Å². The molecule has 0 bridgehead atoms. The molecule has 5 heteroatoms. The lowest BCUT2D eigenvalue weighted by atomic mass is 9.93. The van der Waals surface area contributed by atoms with Crippen LogP contribution in [0.5, 0.6) is 0 Å². The Hall–Kier alpha value is -1.72. The first kappa shape index (κ1) is 16.7. The van der Waals surface area contributed by atoms with Crippen molar-refractivity contribution in [1.29, 1.82) is 0 Å². The molecule has 1 aromatic carbocycles. The molecule has 4 nitrogen and oxygen atoms in total. The van der Waals surface area contributed by atoms with Crippen molar-refractivity contribution in [2.24, 2.45) is 5.92 Å². The molecule has 2 aliphatic rings. The summed E-state index contributed by atoms with van der Waals surface area (Å²) in [6, 6.07) is 11.4. The minimum Gasteiger partial charge on any atom is -0.351 e. The average Bonchev–Trinajstić information content (AvgIpc) is 3.28. The Balaban J connectivity index is 1.46. The van der Waals surface area contributed by atoms with Gasteiger partial charge in [0.2, 0.25) is 5.91 Å². The number of rotatable bonds is 4. The Morgan fingerprint density at radius 1 is 1.32 bits per heavy atom. The van der Waals surface area contributed by atoms with Crippen molar-refractivity contribution in [3.8, 4) is 0 Å². The third-order valence-corrected chi connectivity index (χ3v) is 6.70. The number of benzene rings is 1. The van der Waals surface area contributed by atoms with Crippen LogP contribution < -0.4 is 5.32 Å². The number of fused-ring (bicyclic) bond motifs is 1. The number of thiazole rings is 1. The molecule has 0 aliphatic carbocycles. The normalized spacial score (nSPS) is 25.9. The Bertz CT molecular complexity index is 758. The molecular formula is C20H25N3OS. The van der Waals surface area contributed by atoms with Crippen LogP contribution in [-0.4, -0.2) is 28.4 Å². The summed E-state index contributed by atoms with van der Waals surface area (Å²) >= 11 is 1.68. The molecule has 0 saturated carbocycles. The molecule has 0 unspecified atom stereocenters. The van der Waals surface area contributed by atoms with E-state index in [1.807, 2.05) is 13.8 Å². The van der Waals surface area contributed by atoms with Gasteiger partial charge in [0.1, 0.15) is 0 Å². The molecule has 2 saturated heterocycles. The molecule has 132 valence electrons. The summed E-state index contributed by atoms with van der Waals surface area (Å²) in [5.74, 6) is 0.308. The van der Waals surface area contributed by atoms with E-state index in [-0.39, 0.29) is 11.8 Å². The molecule has 2 aliphatic heterocycles. The lowest BCUT2D eigenvalue weighted by molar-refractivity contribution is -0.125. The highest BCUT2D eigenvalue weighted by atomic mass is 32.1. The van der Waals surface area contributed by atoms with Gasteiger partial charge in [0.25, 0.3) is 0 Å². The van der Waals surface area contributed by atoms with Gasteiger partial charge >= 0.3 is 0 Å². The second kappa shape index (κ2) is 6.89. The molecule has 1 aromatic heterocycles. The third-order valence-electron chi connectivity index (χ3n) is 5.63. The maximum Gasteiger partial charge on any atom is 0.225 e. The van der Waals surface area contributed by atoms with Gasteiger partial charge in [0.05, 0.1) is 23.2 Å². The smallest absolute Gasteiger partial charge is 0.225 e. The number of amides is 1. The van der Waals surface area contributed by atoms with Gasteiger partial charge in [0.15, 0.2) is 0 Å². The number of nitrogens with one attached hydrogen (secondary N) is 1. The minimum atomic E-state index is 0.0991. The molecule has 3 heterocycles. The number of aromatic nitrogens is 1. The highest BCUT2D eigenvalue weighted by Gasteiger charge is 2.46. The molecule has 1 amide bonds. The Labute approximate surface area is 153 Å². The van der Waals surface area contributed by atoms with Crippen LogP contribution in [0.2, 0.25) is 0 Å². The Kier molecular flexibility index (Phi) is 4.61. The summed E-state index contributed by atoms with van der Waals surface area (Å²) in [5.41, 5.74) is 2.39. The van der Waals surface area contributed by atoms with Crippen LogP contribution in [0.4, 0.5) is 0 Å². The second-order valence-corrected chi connectivity index (χ2v) is 8.46. The van der Waals surface area contributed by atoms with E-state index >= 15 is 0 Å². The van der Waals surface area contributed by atoms with E-state index < -0.39 is 0 Å². The van der Waals surface area contributed by atoms with E-state index in [4.69, 9.17) is 0 Å². The molecule has 1 N–H and O–H groups in total. The number of carbonyl (C=O) groups is 1. The van der Waals surface area contributed by atoms with E-state index in [0.29, 0.717) is 18.6 Å². The van der Waals surface area contributed by atoms with E-state index in [1.54, 1.807) is 11.3 Å². The van der Waals surface area contributed by atoms with Crippen LogP contribution in [0.3, 0.4) is 0 Å². The van der Waals surface area contributed by atoms with Gasteiger partial charge in [0, 0.05) is 17.0 Å². The summed E-state index contributed by atoms with van der Waals surface area (Å²) in [4.78, 5) is 21.1. The topological polar surface area (TPSA) is 45.2 Å². The van der Waals surface area contributed by atoms with Crippen LogP contribution in [0.25, 0.3) is 0 Å². The number of carbonyl (C=O) groups excluding carboxylic acids is 1. The zero-order chi connectivity index (χ0) is 17.4. The molecule has 4 rings (SSSR count). The molecule has 2 fully saturated rings. The summed E-state index contributed by atoms with van der Waals surface area (Å²) in [6.45, 7) is 5.75. The van der Waals surface area contributed by atoms with Gasteiger partial charge in [-0.15, -0.1) is 11.3 Å². The maximum absolute atomic E-state index is 12.9. The van der Waals surface area contributed by atoms with Gasteiger partial charge in [-0.25, -0.2) is 4.98 Å². The average molecular weight is 356 g/mol. The summed E-state index contributed by atoms with van der Waals surface area (Å²) in [6.07, 6.45) is 3.27. The van der Waals surface area contributed by atoms with Crippen molar-refractivity contribution in [2.45, 2.75) is 51.7 Å². The summed E-state index contributed by atoms with van der Waals surface area (Å²) < 4.78 is 0. The maximum atomic E-state index is 12.9. The molecule has 0 spiro atoms. The first-order valence-corrected chi connectivity index (χ1v) is 9.96. The minimum absolute atomic E-state index is 0.0991. The van der Waals surface area contributed by atoms with Crippen LogP contribution in [0.1, 0.15) is 46.4 Å². The first-order chi connectivity index (χ1) is 12.1. The van der Waals surface area contributed by atoms with E-state index in [2.05, 4.69) is 45.5 Å². The largest absolute Gasteiger partial charge is 0.351 e. The number of nitrogens with zero attached hydrogens (tertiary/aromatic N) is 2. The molecular weight excluding hydrogens is 330 g/mol. The van der Waals surface area contributed by atoms with Crippen LogP contribution in [0.15, 0.2) is 30.3 Å². The zero-order valence-electron chi connectivity index (χ0n) is 14.9. The first-order valence-electron chi connectivity index (χ1n) is 9.15. The highest BCUT2D eigenvalue weighted by Crippen LogP contribution is 2.44. The number of hydrogen-bond acceptors (Lipinski definition) is 4. The fraction of sp³-hybridized carbons (Fsp3) is 0.500. The fourth-order valence-electron chi connectivity index (χ4n) is 4.49. The van der Waals surface area contributed by atoms with Crippen molar-refractivity contribution < 1.29 is 4.79 Å². The van der Waals surface area contributed by atoms with Gasteiger partial charge in [-0.05, 0) is 45.2 Å². The van der Waals surface area contributed by atoms with Crippen molar-refractivity contribution in [1.82, 2.24) is 15.2 Å². The summed E-state index contributed by atoms with van der Waals surface area (Å²) in [5, 5.41) is 4.25. The molecule has 0 radical (unpaired) electrons. The van der Waals surface area contributed by atoms with Crippen LogP contribution in [-0.2, 0) is 11.3 Å². The van der Waals surface area contributed by atoms with Crippen molar-refractivity contribution >= 4 is 17.2 Å². The van der Waals surface area contributed by atoms with Crippen LogP contribution >= 0.6 is 11.3 Å². The van der Waals surface area contributed by atoms with Crippen molar-refractivity contribution in [3.63, 3.8) is 0 Å². The summed E-state index contributed by atoms with van der Waals surface area (Å²) in [7, 11) is 0. The predicted octanol–water partition coefficient (Wildman–Crippen LogP) is 3.60. The lowest BCUT2D eigenvalue weighted by Crippen LogP contribution is -2.37. The van der Waals surface area contributed by atoms with Crippen LogP contribution in [0, 0.1) is 19.8 Å². The fourth-order valence-corrected chi connectivity index (χ4v) is 5.36. The quantitative estimate of drug-likeness (QED) is 0.911. The monoisotopic (exact) mass is 355 g/mol. The third kappa shape index (κ3) is 3.23. The second-order valence-electron chi connectivity index (χ2n) is 7.18. The SMILES string of the molecule is Cc1nc(C)c(CNC(=O)[C@H]2C[C@@H](c3ccccc3)N3CCC[C@H]23)s1. The molecule has 3 atom stereocenters.